The summed E-state index contributed by atoms with van der Waals surface area (Å²) in [6.45, 7) is 4.90. The fourth-order valence-electron chi connectivity index (χ4n) is 3.32. The van der Waals surface area contributed by atoms with E-state index >= 15 is 0 Å². The molecule has 0 spiro atoms. The van der Waals surface area contributed by atoms with Crippen molar-refractivity contribution in [3.8, 4) is 0 Å². The van der Waals surface area contributed by atoms with E-state index in [2.05, 4.69) is 47.3 Å². The molecule has 0 saturated heterocycles. The molecule has 4 rings (SSSR count). The van der Waals surface area contributed by atoms with Crippen molar-refractivity contribution in [3.05, 3.63) is 63.6 Å². The minimum absolute atomic E-state index is 0.253. The monoisotopic (exact) mass is 326 g/mol. The fraction of sp³-hybridized carbons (Fsp3) is 0.333. The molecule has 0 fully saturated rings. The van der Waals surface area contributed by atoms with Gasteiger partial charge in [-0.2, -0.15) is 5.10 Å². The highest BCUT2D eigenvalue weighted by Crippen LogP contribution is 2.32. The number of hydrogen-bond donors (Lipinski definition) is 0. The van der Waals surface area contributed by atoms with Crippen molar-refractivity contribution < 1.29 is 0 Å². The Morgan fingerprint density at radius 2 is 1.91 bits per heavy atom. The summed E-state index contributed by atoms with van der Waals surface area (Å²) in [6, 6.07) is 10.9. The lowest BCUT2D eigenvalue weighted by atomic mass is 9.93. The molecule has 0 amide bonds. The van der Waals surface area contributed by atoms with Crippen LogP contribution in [0, 0.1) is 13.8 Å². The number of halogens is 1. The smallest absolute Gasteiger partial charge is 0.157 e. The maximum Gasteiger partial charge on any atom is 0.157 e. The van der Waals surface area contributed by atoms with Crippen LogP contribution in [0.4, 0.5) is 0 Å². The third-order valence-corrected chi connectivity index (χ3v) is 5.30. The molecule has 0 saturated carbocycles. The lowest BCUT2D eigenvalue weighted by Crippen LogP contribution is -2.31. The van der Waals surface area contributed by atoms with E-state index in [1.165, 1.54) is 11.1 Å². The number of likely N-dealkylation sites (N-methyl/N-ethyl adjacent to an activating group) is 1. The van der Waals surface area contributed by atoms with Crippen LogP contribution in [-0.2, 0) is 13.0 Å². The van der Waals surface area contributed by atoms with Gasteiger partial charge in [0.25, 0.3) is 0 Å². The second-order valence-corrected chi connectivity index (χ2v) is 6.71. The summed E-state index contributed by atoms with van der Waals surface area (Å²) in [5, 5.41) is 5.39. The van der Waals surface area contributed by atoms with Crippen molar-refractivity contribution in [2.24, 2.45) is 0 Å². The predicted octanol–water partition coefficient (Wildman–Crippen LogP) is 3.73. The number of nitrogens with zero attached hydrogens (tertiary/aromatic N) is 4. The molecule has 0 radical (unpaired) electrons. The fourth-order valence-corrected chi connectivity index (χ4v) is 3.59. The Kier molecular flexibility index (Phi) is 3.39. The average Bonchev–Trinajstić information content (AvgIpc) is 2.96. The van der Waals surface area contributed by atoms with E-state index in [0.717, 1.165) is 35.6 Å². The molecule has 23 heavy (non-hydrogen) atoms. The number of aromatic nitrogens is 3. The van der Waals surface area contributed by atoms with Crippen LogP contribution in [0.1, 0.15) is 34.1 Å². The van der Waals surface area contributed by atoms with Gasteiger partial charge in [-0.25, -0.2) is 9.50 Å². The van der Waals surface area contributed by atoms with Crippen LogP contribution >= 0.6 is 11.6 Å². The molecule has 0 unspecified atom stereocenters. The van der Waals surface area contributed by atoms with Crippen molar-refractivity contribution in [2.45, 2.75) is 32.9 Å². The van der Waals surface area contributed by atoms with Crippen LogP contribution in [0.5, 0.6) is 0 Å². The van der Waals surface area contributed by atoms with Gasteiger partial charge in [-0.1, -0.05) is 35.9 Å². The Morgan fingerprint density at radius 3 is 2.70 bits per heavy atom. The molecular weight excluding hydrogens is 308 g/mol. The van der Waals surface area contributed by atoms with Crippen LogP contribution in [0.15, 0.2) is 30.3 Å². The summed E-state index contributed by atoms with van der Waals surface area (Å²) in [7, 11) is 2.15. The Bertz CT molecular complexity index is 899. The largest absolute Gasteiger partial charge is 0.293 e. The highest BCUT2D eigenvalue weighted by Gasteiger charge is 2.27. The lowest BCUT2D eigenvalue weighted by Gasteiger charge is -2.32. The number of rotatable bonds is 1. The molecule has 1 aliphatic rings. The number of hydrogen-bond acceptors (Lipinski definition) is 3. The molecule has 5 heteroatoms. The minimum atomic E-state index is 0.253. The van der Waals surface area contributed by atoms with Crippen molar-refractivity contribution in [2.75, 3.05) is 7.05 Å². The van der Waals surface area contributed by atoms with E-state index in [0.29, 0.717) is 5.15 Å². The molecule has 0 aliphatic carbocycles. The molecule has 4 nitrogen and oxygen atoms in total. The number of aryl methyl sites for hydroxylation is 1. The van der Waals surface area contributed by atoms with Gasteiger partial charge in [-0.15, -0.1) is 0 Å². The second kappa shape index (κ2) is 5.32. The van der Waals surface area contributed by atoms with Crippen LogP contribution in [0.25, 0.3) is 5.65 Å². The van der Waals surface area contributed by atoms with Gasteiger partial charge in [0, 0.05) is 23.9 Å². The summed E-state index contributed by atoms with van der Waals surface area (Å²) < 4.78 is 1.76. The Labute approximate surface area is 140 Å². The summed E-state index contributed by atoms with van der Waals surface area (Å²) in [6.07, 6.45) is 0.964. The first-order valence-electron chi connectivity index (χ1n) is 7.84. The van der Waals surface area contributed by atoms with Gasteiger partial charge >= 0.3 is 0 Å². The van der Waals surface area contributed by atoms with Crippen molar-refractivity contribution in [1.82, 2.24) is 19.5 Å². The third-order valence-electron chi connectivity index (χ3n) is 4.85. The zero-order chi connectivity index (χ0) is 16.1. The van der Waals surface area contributed by atoms with Gasteiger partial charge in [-0.05, 0) is 38.4 Å². The molecule has 3 heterocycles. The quantitative estimate of drug-likeness (QED) is 0.639. The molecule has 1 atom stereocenters. The lowest BCUT2D eigenvalue weighted by molar-refractivity contribution is 0.213. The number of fused-ring (bicyclic) bond motifs is 2. The topological polar surface area (TPSA) is 33.4 Å². The van der Waals surface area contributed by atoms with E-state index in [-0.39, 0.29) is 6.04 Å². The molecule has 2 aromatic heterocycles. The SMILES string of the molecule is Cc1nc2cc([C@@H]3Cc4ccccc4CN3C)nn2c(Cl)c1C. The van der Waals surface area contributed by atoms with Crippen molar-refractivity contribution in [1.29, 1.82) is 0 Å². The molecule has 1 aliphatic heterocycles. The molecule has 118 valence electrons. The van der Waals surface area contributed by atoms with E-state index in [4.69, 9.17) is 16.7 Å². The summed E-state index contributed by atoms with van der Waals surface area (Å²) in [5.74, 6) is 0. The van der Waals surface area contributed by atoms with E-state index in [1.807, 2.05) is 13.8 Å². The van der Waals surface area contributed by atoms with Crippen molar-refractivity contribution in [3.63, 3.8) is 0 Å². The third kappa shape index (κ3) is 2.33. The van der Waals surface area contributed by atoms with Gasteiger partial charge < -0.3 is 0 Å². The van der Waals surface area contributed by atoms with Crippen LogP contribution in [0.2, 0.25) is 5.15 Å². The summed E-state index contributed by atoms with van der Waals surface area (Å²) in [5.41, 5.74) is 6.59. The van der Waals surface area contributed by atoms with Gasteiger partial charge in [0.2, 0.25) is 0 Å². The van der Waals surface area contributed by atoms with Gasteiger partial charge in [0.1, 0.15) is 5.15 Å². The zero-order valence-electron chi connectivity index (χ0n) is 13.5. The van der Waals surface area contributed by atoms with Crippen LogP contribution in [0.3, 0.4) is 0 Å². The van der Waals surface area contributed by atoms with Crippen LogP contribution < -0.4 is 0 Å². The van der Waals surface area contributed by atoms with Gasteiger partial charge in [0.05, 0.1) is 11.7 Å². The second-order valence-electron chi connectivity index (χ2n) is 6.36. The first kappa shape index (κ1) is 14.7. The normalized spacial score (nSPS) is 18.3. The molecule has 0 N–H and O–H groups in total. The Morgan fingerprint density at radius 1 is 1.17 bits per heavy atom. The molecular formula is C18H19ClN4. The van der Waals surface area contributed by atoms with Gasteiger partial charge in [0.15, 0.2) is 5.65 Å². The highest BCUT2D eigenvalue weighted by atomic mass is 35.5. The van der Waals surface area contributed by atoms with Crippen LogP contribution in [-0.4, -0.2) is 26.5 Å². The standard InChI is InChI=1S/C18H19ClN4/c1-11-12(2)20-17-9-15(21-23(17)18(11)19)16-8-13-6-4-5-7-14(13)10-22(16)3/h4-7,9,16H,8,10H2,1-3H3/t16-/m0/s1. The number of benzene rings is 1. The highest BCUT2D eigenvalue weighted by molar-refractivity contribution is 6.30. The first-order chi connectivity index (χ1) is 11.0. The average molecular weight is 327 g/mol. The zero-order valence-corrected chi connectivity index (χ0v) is 14.3. The molecule has 1 aromatic carbocycles. The van der Waals surface area contributed by atoms with Crippen molar-refractivity contribution >= 4 is 17.2 Å². The maximum absolute atomic E-state index is 6.45. The van der Waals surface area contributed by atoms with E-state index < -0.39 is 0 Å². The summed E-state index contributed by atoms with van der Waals surface area (Å²) >= 11 is 6.45. The summed E-state index contributed by atoms with van der Waals surface area (Å²) in [4.78, 5) is 6.96. The molecule has 3 aromatic rings. The van der Waals surface area contributed by atoms with Gasteiger partial charge in [-0.3, -0.25) is 4.90 Å². The maximum atomic E-state index is 6.45. The minimum Gasteiger partial charge on any atom is -0.293 e. The van der Waals surface area contributed by atoms with E-state index in [9.17, 15) is 0 Å². The Balaban J connectivity index is 1.79. The molecule has 0 bridgehead atoms. The van der Waals surface area contributed by atoms with E-state index in [1.54, 1.807) is 4.52 Å². The predicted molar refractivity (Wildman–Crippen MR) is 91.8 cm³/mol. The Hall–Kier alpha value is -1.91. The first-order valence-corrected chi connectivity index (χ1v) is 8.22.